The lowest BCUT2D eigenvalue weighted by atomic mass is 10.1. The molecule has 2 unspecified atom stereocenters. The molecule has 0 amide bonds. The number of nitrogens with zero attached hydrogens (tertiary/aromatic N) is 1. The van der Waals surface area contributed by atoms with E-state index >= 15 is 0 Å². The van der Waals surface area contributed by atoms with Crippen molar-refractivity contribution in [2.45, 2.75) is 39.9 Å². The van der Waals surface area contributed by atoms with Gasteiger partial charge in [-0.15, -0.1) is 0 Å². The van der Waals surface area contributed by atoms with E-state index in [0.29, 0.717) is 22.3 Å². The molecule has 0 saturated carbocycles. The van der Waals surface area contributed by atoms with Crippen molar-refractivity contribution in [1.29, 1.82) is 0 Å². The Morgan fingerprint density at radius 1 is 0.848 bits per heavy atom. The van der Waals surface area contributed by atoms with Crippen LogP contribution in [0, 0.1) is 23.7 Å². The van der Waals surface area contributed by atoms with E-state index in [4.69, 9.17) is 14.7 Å². The molecule has 2 rings (SSSR count). The number of oxime groups is 1. The summed E-state index contributed by atoms with van der Waals surface area (Å²) in [5.74, 6) is 10.5. The predicted octanol–water partition coefficient (Wildman–Crippen LogP) is 3.60. The molecule has 0 heterocycles. The van der Waals surface area contributed by atoms with Crippen LogP contribution < -0.4 is 0 Å². The first-order chi connectivity index (χ1) is 15.8. The van der Waals surface area contributed by atoms with Crippen LogP contribution in [-0.2, 0) is 19.1 Å². The number of aldehydes is 1. The van der Waals surface area contributed by atoms with Crippen molar-refractivity contribution >= 4 is 24.4 Å². The van der Waals surface area contributed by atoms with E-state index in [9.17, 15) is 14.4 Å². The second kappa shape index (κ2) is 14.6. The maximum Gasteiger partial charge on any atom is 0.303 e. The topological polar surface area (TPSA) is 102 Å². The smallest absolute Gasteiger partial charge is 0.303 e. The quantitative estimate of drug-likeness (QED) is 0.192. The molecular formula is C26H25NO6. The molecule has 7 heteroatoms. The molecule has 170 valence electrons. The van der Waals surface area contributed by atoms with E-state index < -0.39 is 12.2 Å². The minimum atomic E-state index is -0.475. The van der Waals surface area contributed by atoms with Gasteiger partial charge in [0.1, 0.15) is 0 Å². The van der Waals surface area contributed by atoms with E-state index in [0.717, 1.165) is 6.29 Å². The monoisotopic (exact) mass is 447 g/mol. The van der Waals surface area contributed by atoms with E-state index in [1.54, 1.807) is 50.2 Å². The average molecular weight is 447 g/mol. The lowest BCUT2D eigenvalue weighted by Gasteiger charge is -2.03. The fourth-order valence-electron chi connectivity index (χ4n) is 2.41. The van der Waals surface area contributed by atoms with Crippen molar-refractivity contribution in [3.8, 4) is 23.7 Å². The van der Waals surface area contributed by atoms with E-state index in [-0.39, 0.29) is 11.9 Å². The second-order valence-electron chi connectivity index (χ2n) is 6.58. The lowest BCUT2D eigenvalue weighted by Crippen LogP contribution is -2.09. The molecular weight excluding hydrogens is 422 g/mol. The molecule has 7 nitrogen and oxygen atoms in total. The van der Waals surface area contributed by atoms with Gasteiger partial charge in [0, 0.05) is 36.1 Å². The lowest BCUT2D eigenvalue weighted by molar-refractivity contribution is -0.144. The summed E-state index contributed by atoms with van der Waals surface area (Å²) in [4.78, 5) is 32.0. The molecule has 0 bridgehead atoms. The second-order valence-corrected chi connectivity index (χ2v) is 6.58. The first kappa shape index (κ1) is 26.7. The number of carbonyl (C=O) groups is 3. The van der Waals surface area contributed by atoms with Crippen LogP contribution in [0.2, 0.25) is 0 Å². The van der Waals surface area contributed by atoms with Crippen LogP contribution >= 0.6 is 0 Å². The fourth-order valence-corrected chi connectivity index (χ4v) is 2.41. The van der Waals surface area contributed by atoms with Crippen LogP contribution in [0.15, 0.2) is 53.7 Å². The summed E-state index contributed by atoms with van der Waals surface area (Å²) >= 11 is 0. The Bertz CT molecular complexity index is 1110. The number of esters is 2. The highest BCUT2D eigenvalue weighted by Gasteiger charge is 2.02. The Kier molecular flexibility index (Phi) is 11.8. The van der Waals surface area contributed by atoms with E-state index in [1.165, 1.54) is 20.1 Å². The number of carbonyl (C=O) groups excluding carboxylic acids is 3. The molecule has 2 aromatic carbocycles. The van der Waals surface area contributed by atoms with Crippen LogP contribution in [0.25, 0.3) is 0 Å². The summed E-state index contributed by atoms with van der Waals surface area (Å²) in [5.41, 5.74) is 2.59. The third kappa shape index (κ3) is 11.0. The Labute approximate surface area is 193 Å². The molecule has 0 spiro atoms. The molecule has 1 N–H and O–H groups in total. The number of benzene rings is 2. The average Bonchev–Trinajstić information content (AvgIpc) is 2.77. The largest absolute Gasteiger partial charge is 0.450 e. The van der Waals surface area contributed by atoms with Crippen molar-refractivity contribution in [2.24, 2.45) is 5.16 Å². The summed E-state index contributed by atoms with van der Waals surface area (Å²) in [6.07, 6.45) is 1.12. The molecule has 0 saturated heterocycles. The highest BCUT2D eigenvalue weighted by atomic mass is 16.5. The van der Waals surface area contributed by atoms with Gasteiger partial charge in [0.15, 0.2) is 18.5 Å². The number of hydrogen-bond acceptors (Lipinski definition) is 7. The van der Waals surface area contributed by atoms with Gasteiger partial charge in [-0.25, -0.2) is 0 Å². The van der Waals surface area contributed by atoms with Crippen LogP contribution in [0.1, 0.15) is 54.7 Å². The molecule has 0 radical (unpaired) electrons. The Hall–Kier alpha value is -4.36. The van der Waals surface area contributed by atoms with Gasteiger partial charge < -0.3 is 14.7 Å². The minimum Gasteiger partial charge on any atom is -0.450 e. The first-order valence-corrected chi connectivity index (χ1v) is 9.95. The van der Waals surface area contributed by atoms with E-state index in [2.05, 4.69) is 28.8 Å². The minimum absolute atomic E-state index is 0.364. The zero-order valence-corrected chi connectivity index (χ0v) is 18.9. The first-order valence-electron chi connectivity index (χ1n) is 9.95. The molecule has 0 aromatic heterocycles. The normalized spacial score (nSPS) is 11.3. The molecule has 0 aliphatic heterocycles. The maximum atomic E-state index is 10.7. The number of hydrogen-bond donors (Lipinski definition) is 1. The van der Waals surface area contributed by atoms with Crippen molar-refractivity contribution in [2.75, 3.05) is 0 Å². The molecule has 0 fully saturated rings. The van der Waals surface area contributed by atoms with Crippen LogP contribution in [0.3, 0.4) is 0 Å². The van der Waals surface area contributed by atoms with E-state index in [1.807, 2.05) is 12.1 Å². The summed E-state index contributed by atoms with van der Waals surface area (Å²) in [6, 6.07) is 14.2. The van der Waals surface area contributed by atoms with Gasteiger partial charge in [0.2, 0.25) is 0 Å². The highest BCUT2D eigenvalue weighted by molar-refractivity contribution is 5.83. The summed E-state index contributed by atoms with van der Waals surface area (Å²) in [5, 5.41) is 11.5. The van der Waals surface area contributed by atoms with Crippen molar-refractivity contribution < 1.29 is 29.1 Å². The number of ether oxygens (including phenoxy) is 2. The van der Waals surface area contributed by atoms with Gasteiger partial charge in [-0.05, 0) is 26.0 Å². The number of rotatable bonds is 4. The van der Waals surface area contributed by atoms with Crippen molar-refractivity contribution in [1.82, 2.24) is 0 Å². The van der Waals surface area contributed by atoms with Gasteiger partial charge >= 0.3 is 11.9 Å². The molecule has 2 atom stereocenters. The van der Waals surface area contributed by atoms with Gasteiger partial charge in [-0.1, -0.05) is 65.2 Å². The third-order valence-corrected chi connectivity index (χ3v) is 3.75. The fraction of sp³-hybridized carbons (Fsp3) is 0.231. The summed E-state index contributed by atoms with van der Waals surface area (Å²) < 4.78 is 9.72. The predicted molar refractivity (Wildman–Crippen MR) is 124 cm³/mol. The Morgan fingerprint density at radius 3 is 1.70 bits per heavy atom. The Morgan fingerprint density at radius 2 is 1.27 bits per heavy atom. The zero-order valence-electron chi connectivity index (χ0n) is 18.9. The highest BCUT2D eigenvalue weighted by Crippen LogP contribution is 2.05. The van der Waals surface area contributed by atoms with Crippen molar-refractivity contribution in [3.05, 3.63) is 70.8 Å². The maximum absolute atomic E-state index is 10.7. The molecule has 2 aromatic rings. The van der Waals surface area contributed by atoms with Crippen LogP contribution in [0.5, 0.6) is 0 Å². The SMILES string of the molecule is CC(=O)OC(C)C#Cc1ccccc1/C=N/O.CC(=O)OC(C)C#Cc1ccccc1C=O. The summed E-state index contributed by atoms with van der Waals surface area (Å²) in [6.45, 7) is 6.04. The summed E-state index contributed by atoms with van der Waals surface area (Å²) in [7, 11) is 0. The van der Waals surface area contributed by atoms with Gasteiger partial charge in [0.25, 0.3) is 0 Å². The van der Waals surface area contributed by atoms with Crippen LogP contribution in [-0.4, -0.2) is 41.9 Å². The van der Waals surface area contributed by atoms with Crippen LogP contribution in [0.4, 0.5) is 0 Å². The Balaban J connectivity index is 0.000000331. The third-order valence-electron chi connectivity index (χ3n) is 3.75. The van der Waals surface area contributed by atoms with Gasteiger partial charge in [-0.3, -0.25) is 14.4 Å². The van der Waals surface area contributed by atoms with Crippen molar-refractivity contribution in [3.63, 3.8) is 0 Å². The molecule has 33 heavy (non-hydrogen) atoms. The standard InChI is InChI=1S/C13H13NO3.C13H12O3/c1-10(17-11(2)15)7-8-12-5-3-4-6-13(12)9-14-16;1-10(16-11(2)15)7-8-12-5-3-4-6-13(12)9-14/h3-6,9-10,16H,1-2H3;3-6,9-10H,1-2H3/b14-9+;. The van der Waals surface area contributed by atoms with Gasteiger partial charge in [0.05, 0.1) is 6.21 Å². The van der Waals surface area contributed by atoms with Gasteiger partial charge in [-0.2, -0.15) is 0 Å². The zero-order chi connectivity index (χ0) is 24.6. The molecule has 0 aliphatic rings. The molecule has 0 aliphatic carbocycles.